The zero-order valence-corrected chi connectivity index (χ0v) is 15.9. The van der Waals surface area contributed by atoms with Gasteiger partial charge in [0, 0.05) is 38.4 Å². The van der Waals surface area contributed by atoms with Gasteiger partial charge in [0.2, 0.25) is 5.88 Å². The average molecular weight is 372 g/mol. The Labute approximate surface area is 160 Å². The zero-order chi connectivity index (χ0) is 18.9. The SMILES string of the molecule is Cc1ccnc(OC2CCN(CCN3C(=O)NC4(CCCC4)C3=O)CC2)c1. The van der Waals surface area contributed by atoms with Crippen LogP contribution in [-0.2, 0) is 4.79 Å². The van der Waals surface area contributed by atoms with Gasteiger partial charge in [0.1, 0.15) is 11.6 Å². The summed E-state index contributed by atoms with van der Waals surface area (Å²) in [6.45, 7) is 5.04. The molecule has 0 unspecified atom stereocenters. The van der Waals surface area contributed by atoms with Crippen LogP contribution < -0.4 is 10.1 Å². The lowest BCUT2D eigenvalue weighted by atomic mass is 9.98. The third-order valence-electron chi connectivity index (χ3n) is 6.06. The first-order chi connectivity index (χ1) is 13.1. The number of urea groups is 1. The van der Waals surface area contributed by atoms with E-state index in [1.807, 2.05) is 19.1 Å². The van der Waals surface area contributed by atoms with Crippen LogP contribution in [0.1, 0.15) is 44.1 Å². The number of hydrogen-bond acceptors (Lipinski definition) is 5. The Hall–Kier alpha value is -2.15. The van der Waals surface area contributed by atoms with E-state index in [4.69, 9.17) is 4.74 Å². The van der Waals surface area contributed by atoms with Gasteiger partial charge in [0.05, 0.1) is 0 Å². The molecule has 1 N–H and O–H groups in total. The van der Waals surface area contributed by atoms with Gasteiger partial charge in [-0.15, -0.1) is 0 Å². The number of piperidine rings is 1. The van der Waals surface area contributed by atoms with Crippen molar-refractivity contribution in [2.24, 2.45) is 0 Å². The van der Waals surface area contributed by atoms with Gasteiger partial charge >= 0.3 is 6.03 Å². The summed E-state index contributed by atoms with van der Waals surface area (Å²) in [5.74, 6) is 0.670. The Balaban J connectivity index is 1.24. The Morgan fingerprint density at radius 1 is 1.22 bits per heavy atom. The maximum atomic E-state index is 12.7. The summed E-state index contributed by atoms with van der Waals surface area (Å²) in [6, 6.07) is 3.70. The van der Waals surface area contributed by atoms with Gasteiger partial charge in [-0.05, 0) is 44.2 Å². The van der Waals surface area contributed by atoms with Crippen molar-refractivity contribution in [2.75, 3.05) is 26.2 Å². The maximum absolute atomic E-state index is 12.7. The van der Waals surface area contributed by atoms with Crippen molar-refractivity contribution < 1.29 is 14.3 Å². The molecular weight excluding hydrogens is 344 g/mol. The Kier molecular flexibility index (Phi) is 5.04. The summed E-state index contributed by atoms with van der Waals surface area (Å²) in [6.07, 6.45) is 7.41. The monoisotopic (exact) mass is 372 g/mol. The number of nitrogens with one attached hydrogen (secondary N) is 1. The summed E-state index contributed by atoms with van der Waals surface area (Å²) in [7, 11) is 0. The molecule has 1 saturated carbocycles. The van der Waals surface area contributed by atoms with E-state index in [2.05, 4.69) is 15.2 Å². The second-order valence-electron chi connectivity index (χ2n) is 8.01. The predicted octanol–water partition coefficient (Wildman–Crippen LogP) is 2.10. The van der Waals surface area contributed by atoms with Crippen molar-refractivity contribution in [2.45, 2.75) is 57.1 Å². The van der Waals surface area contributed by atoms with Crippen molar-refractivity contribution in [3.8, 4) is 5.88 Å². The summed E-state index contributed by atoms with van der Waals surface area (Å²) in [4.78, 5) is 32.9. The van der Waals surface area contributed by atoms with E-state index in [-0.39, 0.29) is 18.0 Å². The molecule has 2 aliphatic heterocycles. The van der Waals surface area contributed by atoms with E-state index in [0.29, 0.717) is 12.4 Å². The van der Waals surface area contributed by atoms with Crippen LogP contribution in [0.2, 0.25) is 0 Å². The van der Waals surface area contributed by atoms with Crippen LogP contribution >= 0.6 is 0 Å². The number of carbonyl (C=O) groups is 2. The molecule has 0 bridgehead atoms. The van der Waals surface area contributed by atoms with Gasteiger partial charge in [-0.2, -0.15) is 0 Å². The minimum atomic E-state index is -0.598. The van der Waals surface area contributed by atoms with Gasteiger partial charge in [0.25, 0.3) is 5.91 Å². The number of likely N-dealkylation sites (tertiary alicyclic amines) is 1. The highest BCUT2D eigenvalue weighted by Gasteiger charge is 2.52. The average Bonchev–Trinajstić information content (AvgIpc) is 3.21. The maximum Gasteiger partial charge on any atom is 0.325 e. The number of amides is 3. The molecule has 146 valence electrons. The molecule has 1 aromatic rings. The van der Waals surface area contributed by atoms with Gasteiger partial charge in [0.15, 0.2) is 0 Å². The second kappa shape index (κ2) is 7.46. The van der Waals surface area contributed by atoms with E-state index < -0.39 is 5.54 Å². The molecule has 0 radical (unpaired) electrons. The largest absolute Gasteiger partial charge is 0.474 e. The van der Waals surface area contributed by atoms with Crippen LogP contribution in [0.3, 0.4) is 0 Å². The number of nitrogens with zero attached hydrogens (tertiary/aromatic N) is 3. The third kappa shape index (κ3) is 3.78. The van der Waals surface area contributed by atoms with Crippen LogP contribution in [0.4, 0.5) is 4.79 Å². The van der Waals surface area contributed by atoms with Crippen molar-refractivity contribution >= 4 is 11.9 Å². The first-order valence-corrected chi connectivity index (χ1v) is 10.0. The molecule has 27 heavy (non-hydrogen) atoms. The smallest absolute Gasteiger partial charge is 0.325 e. The zero-order valence-electron chi connectivity index (χ0n) is 15.9. The standard InChI is InChI=1S/C20H28N4O3/c1-15-4-9-21-17(14-15)27-16-5-10-23(11-6-16)12-13-24-18(25)20(22-19(24)26)7-2-3-8-20/h4,9,14,16H,2-3,5-8,10-13H2,1H3,(H,22,26). The fraction of sp³-hybridized carbons (Fsp3) is 0.650. The number of pyridine rings is 1. The first kappa shape index (κ1) is 18.2. The molecule has 7 heteroatoms. The summed E-state index contributed by atoms with van der Waals surface area (Å²) < 4.78 is 5.99. The number of hydrogen-bond donors (Lipinski definition) is 1. The fourth-order valence-corrected chi connectivity index (χ4v) is 4.43. The number of ether oxygens (including phenoxy) is 1. The lowest BCUT2D eigenvalue weighted by Crippen LogP contribution is -2.45. The lowest BCUT2D eigenvalue weighted by molar-refractivity contribution is -0.131. The first-order valence-electron chi connectivity index (χ1n) is 10.0. The number of aryl methyl sites for hydroxylation is 1. The van der Waals surface area contributed by atoms with Crippen LogP contribution in [0.5, 0.6) is 5.88 Å². The summed E-state index contributed by atoms with van der Waals surface area (Å²) in [5, 5.41) is 2.95. The molecule has 2 saturated heterocycles. The number of aromatic nitrogens is 1. The highest BCUT2D eigenvalue weighted by molar-refractivity contribution is 6.07. The Morgan fingerprint density at radius 2 is 1.96 bits per heavy atom. The minimum Gasteiger partial charge on any atom is -0.474 e. The number of carbonyl (C=O) groups excluding carboxylic acids is 2. The predicted molar refractivity (Wildman–Crippen MR) is 101 cm³/mol. The summed E-state index contributed by atoms with van der Waals surface area (Å²) >= 11 is 0. The molecule has 3 heterocycles. The van der Waals surface area contributed by atoms with Crippen molar-refractivity contribution in [1.29, 1.82) is 0 Å². The van der Waals surface area contributed by atoms with E-state index in [9.17, 15) is 9.59 Å². The molecule has 1 aromatic heterocycles. The Bertz CT molecular complexity index is 709. The van der Waals surface area contributed by atoms with Gasteiger partial charge < -0.3 is 15.0 Å². The molecule has 4 rings (SSSR count). The molecule has 0 aromatic carbocycles. The highest BCUT2D eigenvalue weighted by Crippen LogP contribution is 2.35. The quantitative estimate of drug-likeness (QED) is 0.801. The molecule has 3 fully saturated rings. The molecular formula is C20H28N4O3. The Morgan fingerprint density at radius 3 is 2.67 bits per heavy atom. The van der Waals surface area contributed by atoms with E-state index in [1.165, 1.54) is 4.90 Å². The van der Waals surface area contributed by atoms with Gasteiger partial charge in [-0.3, -0.25) is 9.69 Å². The minimum absolute atomic E-state index is 0.0197. The number of imide groups is 1. The van der Waals surface area contributed by atoms with Crippen LogP contribution in [-0.4, -0.2) is 64.5 Å². The van der Waals surface area contributed by atoms with Crippen LogP contribution in [0.15, 0.2) is 18.3 Å². The molecule has 1 aliphatic carbocycles. The van der Waals surface area contributed by atoms with Crippen LogP contribution in [0.25, 0.3) is 0 Å². The molecule has 3 aliphatic rings. The van der Waals surface area contributed by atoms with Crippen molar-refractivity contribution in [1.82, 2.24) is 20.1 Å². The lowest BCUT2D eigenvalue weighted by Gasteiger charge is -2.32. The molecule has 1 spiro atoms. The van der Waals surface area contributed by atoms with Crippen LogP contribution in [0, 0.1) is 6.92 Å². The summed E-state index contributed by atoms with van der Waals surface area (Å²) in [5.41, 5.74) is 0.546. The molecule has 3 amide bonds. The van der Waals surface area contributed by atoms with E-state index in [1.54, 1.807) is 6.20 Å². The molecule has 0 atom stereocenters. The van der Waals surface area contributed by atoms with E-state index >= 15 is 0 Å². The second-order valence-corrected chi connectivity index (χ2v) is 8.01. The fourth-order valence-electron chi connectivity index (χ4n) is 4.43. The topological polar surface area (TPSA) is 74.8 Å². The number of rotatable bonds is 5. The van der Waals surface area contributed by atoms with Gasteiger partial charge in [-0.1, -0.05) is 12.8 Å². The highest BCUT2D eigenvalue weighted by atomic mass is 16.5. The van der Waals surface area contributed by atoms with Gasteiger partial charge in [-0.25, -0.2) is 9.78 Å². The van der Waals surface area contributed by atoms with Crippen molar-refractivity contribution in [3.05, 3.63) is 23.9 Å². The third-order valence-corrected chi connectivity index (χ3v) is 6.06. The van der Waals surface area contributed by atoms with Crippen molar-refractivity contribution in [3.63, 3.8) is 0 Å². The normalized spacial score (nSPS) is 23.2. The molecule has 7 nitrogen and oxygen atoms in total. The van der Waals surface area contributed by atoms with E-state index in [0.717, 1.165) is 63.7 Å².